The standard InChI is InChI=1S/C56H36N4.C39H26BrN3.C23H22BNO2/c1-3-12-37(13-4-1)38-28-32-44(33-29-38)55-58-54(43-14-5-2-6-15-43)59-56(60-55)48-19-11-18-45(34-48)41-24-22-39(23-25-41)40-26-30-42(31-27-40)53-51-36-47-17-8-7-16-46(47)35-50(51)49-20-9-10-21-52(49)57-53;40-36-24-22-30(23-25-36)29-14-16-31(17-15-29)34-12-7-13-35(26-34)39-42-37(32-10-5-2-6-11-32)41-38(43-39)33-20-18-28(19-21-33)27-8-3-1-4-9-27;1-22(2)23(3,4)27-24(26-22)21-19-14-16-10-6-5-9-15(16)13-18(19)17-11-7-8-12-20(17)25-21/h1-36H;1-26H;5-14H,1-4H3. The average Bonchev–Trinajstić information content (AvgIpc) is 1.76. The molecule has 18 aromatic carbocycles. The smallest absolute Gasteiger partial charge is 0.398 e. The van der Waals surface area contributed by atoms with Crippen molar-refractivity contribution in [2.24, 2.45) is 0 Å². The molecule has 23 rings (SSSR count). The van der Waals surface area contributed by atoms with Gasteiger partial charge in [0.2, 0.25) is 0 Å². The molecule has 0 unspecified atom stereocenters. The van der Waals surface area contributed by atoms with Crippen molar-refractivity contribution in [3.63, 3.8) is 0 Å². The molecule has 0 N–H and O–H groups in total. The molecule has 12 heteroatoms. The summed E-state index contributed by atoms with van der Waals surface area (Å²) in [6.07, 6.45) is 0. The van der Waals surface area contributed by atoms with Crippen LogP contribution >= 0.6 is 15.9 Å². The SMILES string of the molecule is Brc1ccc(-c2ccc(-c3cccc(-c4nc(-c5ccccc5)nc(-c5ccc(-c6ccccc6)cc5)n4)c3)cc2)cc1.CC1(C)OB(c2nc3ccccc3c3cc4ccccc4cc23)OC1(C)C.c1ccc(-c2ccc(-c3nc(-c4ccccc4)nc(-c4cccc(-c5ccc(-c6ccc(-c7nc8ccccc8c8cc9ccccc9cc78)cc6)cc5)c4)n3)cc2)cc1. The lowest BCUT2D eigenvalue weighted by molar-refractivity contribution is 0.00578. The van der Waals surface area contributed by atoms with E-state index in [1.807, 2.05) is 78.9 Å². The van der Waals surface area contributed by atoms with Crippen LogP contribution in [-0.2, 0) is 9.31 Å². The Hall–Kier alpha value is -15.7. The molecule has 5 heterocycles. The molecule has 0 radical (unpaired) electrons. The van der Waals surface area contributed by atoms with Crippen molar-refractivity contribution in [1.82, 2.24) is 39.9 Å². The molecule has 130 heavy (non-hydrogen) atoms. The number of hydrogen-bond acceptors (Lipinski definition) is 10. The first-order valence-corrected chi connectivity index (χ1v) is 44.6. The quantitative estimate of drug-likeness (QED) is 0.0591. The van der Waals surface area contributed by atoms with E-state index in [0.29, 0.717) is 34.9 Å². The normalized spacial score (nSPS) is 12.7. The zero-order chi connectivity index (χ0) is 87.7. The maximum atomic E-state index is 6.33. The number of para-hydroxylation sites is 2. The van der Waals surface area contributed by atoms with Gasteiger partial charge in [-0.25, -0.2) is 34.9 Å². The highest BCUT2D eigenvalue weighted by Crippen LogP contribution is 2.42. The van der Waals surface area contributed by atoms with E-state index >= 15 is 0 Å². The van der Waals surface area contributed by atoms with E-state index < -0.39 is 18.3 Å². The molecule has 4 aromatic heterocycles. The third-order valence-electron chi connectivity index (χ3n) is 24.8. The van der Waals surface area contributed by atoms with Crippen LogP contribution in [0.2, 0.25) is 0 Å². The highest BCUT2D eigenvalue weighted by molar-refractivity contribution is 9.10. The summed E-state index contributed by atoms with van der Waals surface area (Å²) in [5.74, 6) is 3.85. The number of rotatable bonds is 14. The Morgan fingerprint density at radius 2 is 0.438 bits per heavy atom. The molecule has 0 atom stereocenters. The molecule has 0 saturated carbocycles. The fourth-order valence-corrected chi connectivity index (χ4v) is 17.4. The molecule has 0 amide bonds. The summed E-state index contributed by atoms with van der Waals surface area (Å²) < 4.78 is 13.7. The summed E-state index contributed by atoms with van der Waals surface area (Å²) in [7, 11) is -0.483. The number of benzene rings is 18. The van der Waals surface area contributed by atoms with Crippen molar-refractivity contribution in [2.75, 3.05) is 0 Å². The van der Waals surface area contributed by atoms with Crippen LogP contribution in [0.25, 0.3) is 211 Å². The van der Waals surface area contributed by atoms with Gasteiger partial charge >= 0.3 is 7.12 Å². The molecule has 0 bridgehead atoms. The van der Waals surface area contributed by atoms with E-state index in [-0.39, 0.29) is 0 Å². The number of nitrogens with zero attached hydrogens (tertiary/aromatic N) is 8. The second kappa shape index (κ2) is 35.3. The summed E-state index contributed by atoms with van der Waals surface area (Å²) in [5, 5.41) is 11.8. The summed E-state index contributed by atoms with van der Waals surface area (Å²) in [4.78, 5) is 40.0. The van der Waals surface area contributed by atoms with Gasteiger partial charge < -0.3 is 9.31 Å². The summed E-state index contributed by atoms with van der Waals surface area (Å²) >= 11 is 3.52. The van der Waals surface area contributed by atoms with Gasteiger partial charge in [0.25, 0.3) is 0 Å². The average molecular weight is 1740 g/mol. The Balaban J connectivity index is 0.000000127. The van der Waals surface area contributed by atoms with Crippen LogP contribution in [0.1, 0.15) is 27.7 Å². The number of fused-ring (bicyclic) bond motifs is 8. The molecule has 22 aromatic rings. The first kappa shape index (κ1) is 81.4. The second-order valence-corrected chi connectivity index (χ2v) is 34.6. The topological polar surface area (TPSA) is 122 Å². The Morgan fingerprint density at radius 3 is 0.815 bits per heavy atom. The largest absolute Gasteiger partial charge is 0.515 e. The van der Waals surface area contributed by atoms with Crippen LogP contribution < -0.4 is 5.59 Å². The number of aromatic nitrogens is 8. The lowest BCUT2D eigenvalue weighted by Gasteiger charge is -2.32. The third-order valence-corrected chi connectivity index (χ3v) is 25.4. The minimum absolute atomic E-state index is 0.395. The van der Waals surface area contributed by atoms with Gasteiger partial charge in [0.05, 0.1) is 33.5 Å². The van der Waals surface area contributed by atoms with Gasteiger partial charge in [0.15, 0.2) is 34.9 Å². The molecule has 1 saturated heterocycles. The van der Waals surface area contributed by atoms with E-state index in [1.165, 1.54) is 60.0 Å². The number of hydrogen-bond donors (Lipinski definition) is 0. The van der Waals surface area contributed by atoms with E-state index in [4.69, 9.17) is 49.2 Å². The van der Waals surface area contributed by atoms with Gasteiger partial charge in [-0.3, -0.25) is 4.98 Å². The van der Waals surface area contributed by atoms with Gasteiger partial charge in [0, 0.05) is 65.0 Å². The Morgan fingerprint density at radius 1 is 0.192 bits per heavy atom. The Kier molecular flexibility index (Phi) is 22.1. The molecule has 1 fully saturated rings. The van der Waals surface area contributed by atoms with E-state index in [0.717, 1.165) is 126 Å². The van der Waals surface area contributed by atoms with E-state index in [9.17, 15) is 0 Å². The van der Waals surface area contributed by atoms with Crippen LogP contribution in [-0.4, -0.2) is 58.2 Å². The van der Waals surface area contributed by atoms with Gasteiger partial charge in [-0.1, -0.05) is 392 Å². The Bertz CT molecular complexity index is 7920. The first-order valence-electron chi connectivity index (χ1n) is 43.8. The molecule has 10 nitrogen and oxygen atoms in total. The summed E-state index contributed by atoms with van der Waals surface area (Å²) in [6, 6.07) is 152. The zero-order valence-corrected chi connectivity index (χ0v) is 73.5. The first-order chi connectivity index (χ1) is 63.7. The van der Waals surface area contributed by atoms with Gasteiger partial charge in [0.1, 0.15) is 0 Å². The highest BCUT2D eigenvalue weighted by Gasteiger charge is 2.53. The maximum absolute atomic E-state index is 6.33. The van der Waals surface area contributed by atoms with Gasteiger partial charge in [-0.15, -0.1) is 0 Å². The predicted octanol–water partition coefficient (Wildman–Crippen LogP) is 29.9. The fourth-order valence-electron chi connectivity index (χ4n) is 17.1. The molecular weight excluding hydrogens is 1650 g/mol. The summed E-state index contributed by atoms with van der Waals surface area (Å²) in [5.41, 5.74) is 23.5. The van der Waals surface area contributed by atoms with Crippen molar-refractivity contribution in [3.05, 3.63) is 441 Å². The fraction of sp³-hybridized carbons (Fsp3) is 0.0508. The minimum Gasteiger partial charge on any atom is -0.398 e. The maximum Gasteiger partial charge on any atom is 0.515 e. The lowest BCUT2D eigenvalue weighted by Crippen LogP contribution is -2.41. The van der Waals surface area contributed by atoms with Crippen molar-refractivity contribution in [3.8, 4) is 146 Å². The second-order valence-electron chi connectivity index (χ2n) is 33.7. The van der Waals surface area contributed by atoms with Crippen LogP contribution in [0, 0.1) is 0 Å². The van der Waals surface area contributed by atoms with Crippen molar-refractivity contribution in [1.29, 1.82) is 0 Å². The minimum atomic E-state index is -0.483. The van der Waals surface area contributed by atoms with E-state index in [1.54, 1.807) is 0 Å². The van der Waals surface area contributed by atoms with E-state index in [2.05, 4.69) is 402 Å². The van der Waals surface area contributed by atoms with Gasteiger partial charge in [-0.05, 0) is 187 Å². The number of pyridine rings is 2. The van der Waals surface area contributed by atoms with Crippen molar-refractivity contribution in [2.45, 2.75) is 38.9 Å². The Labute approximate surface area is 763 Å². The summed E-state index contributed by atoms with van der Waals surface area (Å²) in [6.45, 7) is 8.30. The van der Waals surface area contributed by atoms with Crippen molar-refractivity contribution < 1.29 is 9.31 Å². The highest BCUT2D eigenvalue weighted by atomic mass is 79.9. The predicted molar refractivity (Wildman–Crippen MR) is 541 cm³/mol. The monoisotopic (exact) mass is 1730 g/mol. The third kappa shape index (κ3) is 16.9. The molecule has 618 valence electrons. The van der Waals surface area contributed by atoms with Crippen LogP contribution in [0.5, 0.6) is 0 Å². The van der Waals surface area contributed by atoms with Crippen molar-refractivity contribution >= 4 is 93.5 Å². The van der Waals surface area contributed by atoms with Crippen LogP contribution in [0.3, 0.4) is 0 Å². The molecule has 0 spiro atoms. The van der Waals surface area contributed by atoms with Crippen LogP contribution in [0.4, 0.5) is 0 Å². The molecule has 1 aliphatic heterocycles. The lowest BCUT2D eigenvalue weighted by atomic mass is 9.79. The number of halogens is 1. The molecule has 0 aliphatic carbocycles. The molecular formula is C118H84BBrN8O2. The van der Waals surface area contributed by atoms with Gasteiger partial charge in [-0.2, -0.15) is 0 Å². The molecule has 1 aliphatic rings. The zero-order valence-electron chi connectivity index (χ0n) is 71.9. The van der Waals surface area contributed by atoms with Crippen LogP contribution in [0.15, 0.2) is 441 Å².